The summed E-state index contributed by atoms with van der Waals surface area (Å²) in [6.45, 7) is 2.03. The lowest BCUT2D eigenvalue weighted by atomic mass is 10.1. The molecule has 3 aromatic rings. The van der Waals surface area contributed by atoms with Gasteiger partial charge in [0.15, 0.2) is 0 Å². The monoisotopic (exact) mass is 347 g/mol. The number of halogens is 1. The number of aliphatic hydroxyl groups excluding tert-OH is 1. The summed E-state index contributed by atoms with van der Waals surface area (Å²) in [5.74, 6) is 0. The molecular weight excluding hydrogens is 334 g/mol. The average Bonchev–Trinajstić information content (AvgIpc) is 2.79. The highest BCUT2D eigenvalue weighted by Gasteiger charge is 2.14. The topological polar surface area (TPSA) is 33.1 Å². The van der Waals surface area contributed by atoms with Gasteiger partial charge in [-0.3, -0.25) is 4.98 Å². The summed E-state index contributed by atoms with van der Waals surface area (Å²) in [5, 5.41) is 11.5. The first-order valence-electron chi connectivity index (χ1n) is 6.42. The smallest absolute Gasteiger partial charge is 0.0937 e. The lowest BCUT2D eigenvalue weighted by molar-refractivity contribution is 0.181. The van der Waals surface area contributed by atoms with Crippen LogP contribution in [0.4, 0.5) is 0 Å². The van der Waals surface area contributed by atoms with E-state index in [0.29, 0.717) is 6.42 Å². The number of hydrogen-bond donors (Lipinski definition) is 1. The zero-order valence-electron chi connectivity index (χ0n) is 11.0. The molecule has 0 aliphatic rings. The van der Waals surface area contributed by atoms with Crippen LogP contribution in [0.2, 0.25) is 0 Å². The third kappa shape index (κ3) is 2.77. The molecule has 102 valence electrons. The van der Waals surface area contributed by atoms with Crippen molar-refractivity contribution in [2.45, 2.75) is 19.4 Å². The van der Waals surface area contributed by atoms with Gasteiger partial charge in [-0.1, -0.05) is 24.3 Å². The zero-order chi connectivity index (χ0) is 14.1. The number of thiophene rings is 1. The molecule has 0 bridgehead atoms. The second-order valence-corrected chi connectivity index (χ2v) is 7.22. The van der Waals surface area contributed by atoms with Gasteiger partial charge in [-0.05, 0) is 46.6 Å². The molecule has 1 aromatic carbocycles. The third-order valence-corrected chi connectivity index (χ3v) is 5.50. The number of rotatable bonds is 3. The van der Waals surface area contributed by atoms with Crippen LogP contribution in [0.1, 0.15) is 22.2 Å². The summed E-state index contributed by atoms with van der Waals surface area (Å²) in [5.41, 5.74) is 3.05. The lowest BCUT2D eigenvalue weighted by Gasteiger charge is -2.08. The van der Waals surface area contributed by atoms with E-state index in [0.717, 1.165) is 30.8 Å². The minimum absolute atomic E-state index is 0.501. The van der Waals surface area contributed by atoms with Gasteiger partial charge in [0.1, 0.15) is 0 Å². The van der Waals surface area contributed by atoms with Gasteiger partial charge in [0, 0.05) is 22.4 Å². The molecule has 0 spiro atoms. The third-order valence-electron chi connectivity index (χ3n) is 3.26. The highest BCUT2D eigenvalue weighted by molar-refractivity contribution is 9.11. The number of fused-ring (bicyclic) bond motifs is 1. The first-order chi connectivity index (χ1) is 9.63. The van der Waals surface area contributed by atoms with E-state index in [1.54, 1.807) is 11.3 Å². The maximum absolute atomic E-state index is 10.3. The zero-order valence-corrected chi connectivity index (χ0v) is 13.4. The van der Waals surface area contributed by atoms with Gasteiger partial charge >= 0.3 is 0 Å². The molecule has 1 unspecified atom stereocenters. The summed E-state index contributed by atoms with van der Waals surface area (Å²) in [6, 6.07) is 14.1. The van der Waals surface area contributed by atoms with Crippen molar-refractivity contribution >= 4 is 38.2 Å². The Morgan fingerprint density at radius 2 is 2.05 bits per heavy atom. The molecule has 1 atom stereocenters. The van der Waals surface area contributed by atoms with Gasteiger partial charge < -0.3 is 5.11 Å². The number of pyridine rings is 1. The van der Waals surface area contributed by atoms with Crippen LogP contribution in [0, 0.1) is 6.92 Å². The van der Waals surface area contributed by atoms with Gasteiger partial charge in [-0.2, -0.15) is 0 Å². The van der Waals surface area contributed by atoms with E-state index in [1.807, 2.05) is 43.3 Å². The van der Waals surface area contributed by atoms with Gasteiger partial charge in [0.2, 0.25) is 0 Å². The van der Waals surface area contributed by atoms with Gasteiger partial charge in [0.25, 0.3) is 0 Å². The highest BCUT2D eigenvalue weighted by atomic mass is 79.9. The number of aromatic nitrogens is 1. The average molecular weight is 348 g/mol. The Kier molecular flexibility index (Phi) is 3.87. The first kappa shape index (κ1) is 13.7. The minimum Gasteiger partial charge on any atom is -0.387 e. The van der Waals surface area contributed by atoms with E-state index < -0.39 is 6.10 Å². The fraction of sp³-hybridized carbons (Fsp3) is 0.188. The molecule has 0 amide bonds. The fourth-order valence-corrected chi connectivity index (χ4v) is 3.73. The van der Waals surface area contributed by atoms with Gasteiger partial charge in [0.05, 0.1) is 15.4 Å². The molecule has 0 saturated heterocycles. The number of aliphatic hydroxyl groups is 1. The summed E-state index contributed by atoms with van der Waals surface area (Å²) in [6.07, 6.45) is 0.0377. The van der Waals surface area contributed by atoms with E-state index in [1.165, 1.54) is 0 Å². The van der Waals surface area contributed by atoms with E-state index in [2.05, 4.69) is 27.0 Å². The second kappa shape index (κ2) is 5.64. The van der Waals surface area contributed by atoms with Crippen molar-refractivity contribution in [3.05, 3.63) is 62.4 Å². The highest BCUT2D eigenvalue weighted by Crippen LogP contribution is 2.32. The van der Waals surface area contributed by atoms with Gasteiger partial charge in [-0.15, -0.1) is 11.3 Å². The van der Waals surface area contributed by atoms with Crippen molar-refractivity contribution in [1.29, 1.82) is 0 Å². The van der Waals surface area contributed by atoms with Crippen LogP contribution in [-0.4, -0.2) is 10.1 Å². The fourth-order valence-electron chi connectivity index (χ4n) is 2.17. The van der Waals surface area contributed by atoms with Crippen molar-refractivity contribution in [2.75, 3.05) is 0 Å². The minimum atomic E-state index is -0.501. The largest absolute Gasteiger partial charge is 0.387 e. The van der Waals surface area contributed by atoms with E-state index in [-0.39, 0.29) is 0 Å². The molecule has 3 rings (SSSR count). The molecule has 0 aliphatic heterocycles. The standard InChI is InChI=1S/C16H14BrNOS/c1-10-8-15(20-16(10)17)14(19)9-12-7-6-11-4-2-3-5-13(11)18-12/h2-8,14,19H,9H2,1H3. The molecule has 0 saturated carbocycles. The van der Waals surface area contributed by atoms with Crippen LogP contribution in [-0.2, 0) is 6.42 Å². The quantitative estimate of drug-likeness (QED) is 0.748. The number of nitrogens with zero attached hydrogens (tertiary/aromatic N) is 1. The maximum atomic E-state index is 10.3. The SMILES string of the molecule is Cc1cc(C(O)Cc2ccc3ccccc3n2)sc1Br. The summed E-state index contributed by atoms with van der Waals surface area (Å²) >= 11 is 5.08. The molecule has 20 heavy (non-hydrogen) atoms. The Hall–Kier alpha value is -1.23. The Morgan fingerprint density at radius 1 is 1.25 bits per heavy atom. The molecule has 1 N–H and O–H groups in total. The Bertz CT molecular complexity index is 734. The first-order valence-corrected chi connectivity index (χ1v) is 8.03. The molecule has 0 radical (unpaired) electrons. The van der Waals surface area contributed by atoms with Crippen molar-refractivity contribution < 1.29 is 5.11 Å². The van der Waals surface area contributed by atoms with Crippen LogP contribution in [0.15, 0.2) is 46.3 Å². The molecule has 0 fully saturated rings. The molecule has 2 heterocycles. The predicted molar refractivity (Wildman–Crippen MR) is 87.2 cm³/mol. The Labute approximate surface area is 130 Å². The van der Waals surface area contributed by atoms with E-state index in [9.17, 15) is 5.11 Å². The molecule has 0 aliphatic carbocycles. The summed E-state index contributed by atoms with van der Waals surface area (Å²) < 4.78 is 1.08. The van der Waals surface area contributed by atoms with Crippen molar-refractivity contribution in [3.8, 4) is 0 Å². The normalized spacial score (nSPS) is 12.8. The number of benzene rings is 1. The van der Waals surface area contributed by atoms with Crippen molar-refractivity contribution in [3.63, 3.8) is 0 Å². The Morgan fingerprint density at radius 3 is 2.80 bits per heavy atom. The molecular formula is C16H14BrNOS. The number of para-hydroxylation sites is 1. The predicted octanol–water partition coefficient (Wildman–Crippen LogP) is 4.64. The maximum Gasteiger partial charge on any atom is 0.0937 e. The van der Waals surface area contributed by atoms with Crippen LogP contribution in [0.5, 0.6) is 0 Å². The van der Waals surface area contributed by atoms with Crippen molar-refractivity contribution in [2.24, 2.45) is 0 Å². The Balaban J connectivity index is 1.85. The van der Waals surface area contributed by atoms with E-state index >= 15 is 0 Å². The molecule has 4 heteroatoms. The second-order valence-electron chi connectivity index (χ2n) is 4.82. The van der Waals surface area contributed by atoms with Crippen LogP contribution in [0.3, 0.4) is 0 Å². The lowest BCUT2D eigenvalue weighted by Crippen LogP contribution is -2.01. The molecule has 2 aromatic heterocycles. The van der Waals surface area contributed by atoms with Gasteiger partial charge in [-0.25, -0.2) is 0 Å². The number of hydrogen-bond acceptors (Lipinski definition) is 3. The molecule has 2 nitrogen and oxygen atoms in total. The van der Waals surface area contributed by atoms with Crippen LogP contribution >= 0.6 is 27.3 Å². The van der Waals surface area contributed by atoms with Crippen molar-refractivity contribution in [1.82, 2.24) is 4.98 Å². The summed E-state index contributed by atoms with van der Waals surface area (Å²) in [7, 11) is 0. The van der Waals surface area contributed by atoms with Crippen LogP contribution < -0.4 is 0 Å². The summed E-state index contributed by atoms with van der Waals surface area (Å²) in [4.78, 5) is 5.58. The van der Waals surface area contributed by atoms with E-state index in [4.69, 9.17) is 0 Å². The number of aryl methyl sites for hydroxylation is 1. The van der Waals surface area contributed by atoms with Crippen LogP contribution in [0.25, 0.3) is 10.9 Å².